The molecule has 3 rings (SSSR count). The Bertz CT molecular complexity index is 876. The van der Waals surface area contributed by atoms with Crippen LogP contribution in [0.3, 0.4) is 0 Å². The van der Waals surface area contributed by atoms with Crippen molar-refractivity contribution in [3.63, 3.8) is 0 Å². The normalized spacial score (nSPS) is 15.5. The minimum Gasteiger partial charge on any atom is -0.463 e. The summed E-state index contributed by atoms with van der Waals surface area (Å²) in [5.41, 5.74) is 3.07. The quantitative estimate of drug-likeness (QED) is 0.218. The van der Waals surface area contributed by atoms with E-state index in [1.165, 1.54) is 9.13 Å². The van der Waals surface area contributed by atoms with Crippen molar-refractivity contribution in [1.82, 2.24) is 5.32 Å². The van der Waals surface area contributed by atoms with Gasteiger partial charge >= 0.3 is 0 Å². The van der Waals surface area contributed by atoms with Crippen LogP contribution >= 0.6 is 22.6 Å². The molecule has 0 fully saturated rings. The lowest BCUT2D eigenvalue weighted by Crippen LogP contribution is -2.35. The molecule has 1 aliphatic heterocycles. The molecule has 1 heterocycles. The molecule has 188 valence electrons. The van der Waals surface area contributed by atoms with E-state index in [-0.39, 0.29) is 0 Å². The van der Waals surface area contributed by atoms with Crippen molar-refractivity contribution < 1.29 is 24.1 Å². The van der Waals surface area contributed by atoms with E-state index in [2.05, 4.69) is 52.2 Å². The number of hydrogen-bond acceptors (Lipinski definition) is 6. The molecule has 2 aromatic rings. The Hall–Kier alpha value is -1.23. The molecule has 0 aromatic heterocycles. The van der Waals surface area contributed by atoms with Gasteiger partial charge in [-0.05, 0) is 77.4 Å². The van der Waals surface area contributed by atoms with E-state index in [1.54, 1.807) is 0 Å². The highest BCUT2D eigenvalue weighted by Gasteiger charge is 2.27. The minimum atomic E-state index is -0.600. The van der Waals surface area contributed by atoms with Crippen LogP contribution in [0.1, 0.15) is 62.3 Å². The Morgan fingerprint density at radius 1 is 1.03 bits per heavy atom. The van der Waals surface area contributed by atoms with E-state index in [1.807, 2.05) is 32.0 Å². The van der Waals surface area contributed by atoms with E-state index >= 15 is 0 Å². The number of halogens is 1. The van der Waals surface area contributed by atoms with E-state index in [4.69, 9.17) is 18.9 Å². The molecule has 1 atom stereocenters. The SMILES string of the molecule is CC1(C)OCc2cc([C@@H](O)CNCCCCCCOCCOCc3cccc(I)c3)ccc2O1. The Kier molecular flexibility index (Phi) is 11.6. The second-order valence-corrected chi connectivity index (χ2v) is 10.3. The molecule has 0 saturated carbocycles. The van der Waals surface area contributed by atoms with E-state index < -0.39 is 11.9 Å². The maximum absolute atomic E-state index is 10.5. The van der Waals surface area contributed by atoms with Crippen LogP contribution in [-0.2, 0) is 27.4 Å². The van der Waals surface area contributed by atoms with Crippen LogP contribution in [0.2, 0.25) is 0 Å². The number of unbranched alkanes of at least 4 members (excludes halogenated alkanes) is 3. The van der Waals surface area contributed by atoms with Crippen LogP contribution in [0.4, 0.5) is 0 Å². The minimum absolute atomic E-state index is 0.500. The van der Waals surface area contributed by atoms with Crippen LogP contribution in [0.5, 0.6) is 5.75 Å². The first-order chi connectivity index (χ1) is 16.4. The number of rotatable bonds is 15. The number of ether oxygens (including phenoxy) is 4. The molecule has 0 aliphatic carbocycles. The lowest BCUT2D eigenvalue weighted by atomic mass is 10.0. The summed E-state index contributed by atoms with van der Waals surface area (Å²) in [7, 11) is 0. The van der Waals surface area contributed by atoms with Crippen molar-refractivity contribution >= 4 is 22.6 Å². The Morgan fingerprint density at radius 3 is 2.71 bits per heavy atom. The number of aliphatic hydroxyl groups excluding tert-OH is 1. The molecule has 0 radical (unpaired) electrons. The van der Waals surface area contributed by atoms with Gasteiger partial charge in [0.2, 0.25) is 5.79 Å². The molecule has 7 heteroatoms. The summed E-state index contributed by atoms with van der Waals surface area (Å²) in [5, 5.41) is 13.8. The molecule has 2 aromatic carbocycles. The average molecular weight is 584 g/mol. The first-order valence-corrected chi connectivity index (χ1v) is 13.3. The summed E-state index contributed by atoms with van der Waals surface area (Å²) < 4.78 is 24.1. The maximum atomic E-state index is 10.5. The molecule has 0 bridgehead atoms. The molecular weight excluding hydrogens is 545 g/mol. The zero-order valence-corrected chi connectivity index (χ0v) is 22.5. The van der Waals surface area contributed by atoms with Crippen LogP contribution in [0.25, 0.3) is 0 Å². The zero-order valence-electron chi connectivity index (χ0n) is 20.4. The zero-order chi connectivity index (χ0) is 24.2. The summed E-state index contributed by atoms with van der Waals surface area (Å²) in [4.78, 5) is 0. The maximum Gasteiger partial charge on any atom is 0.205 e. The van der Waals surface area contributed by atoms with Gasteiger partial charge in [0, 0.05) is 36.1 Å². The van der Waals surface area contributed by atoms with Crippen LogP contribution in [0, 0.1) is 3.57 Å². The van der Waals surface area contributed by atoms with Crippen molar-refractivity contribution in [2.75, 3.05) is 32.9 Å². The third-order valence-corrected chi connectivity index (χ3v) is 6.33. The number of nitrogens with one attached hydrogen (secondary N) is 1. The van der Waals surface area contributed by atoms with Gasteiger partial charge in [-0.15, -0.1) is 0 Å². The van der Waals surface area contributed by atoms with Crippen LogP contribution in [-0.4, -0.2) is 43.8 Å². The summed E-state index contributed by atoms with van der Waals surface area (Å²) in [6.45, 7) is 8.42. The van der Waals surface area contributed by atoms with Crippen LogP contribution in [0.15, 0.2) is 42.5 Å². The highest BCUT2D eigenvalue weighted by atomic mass is 127. The van der Waals surface area contributed by atoms with Gasteiger partial charge in [-0.1, -0.05) is 31.0 Å². The molecule has 1 aliphatic rings. The van der Waals surface area contributed by atoms with E-state index in [0.29, 0.717) is 33.0 Å². The molecule has 6 nitrogen and oxygen atoms in total. The average Bonchev–Trinajstić information content (AvgIpc) is 2.81. The van der Waals surface area contributed by atoms with E-state index in [9.17, 15) is 5.11 Å². The summed E-state index contributed by atoms with van der Waals surface area (Å²) in [6, 6.07) is 14.2. The molecule has 0 spiro atoms. The number of fused-ring (bicyclic) bond motifs is 1. The fourth-order valence-corrected chi connectivity index (χ4v) is 4.37. The Labute approximate surface area is 217 Å². The lowest BCUT2D eigenvalue weighted by molar-refractivity contribution is -0.180. The highest BCUT2D eigenvalue weighted by molar-refractivity contribution is 14.1. The molecular formula is C27H38INO5. The number of benzene rings is 2. The van der Waals surface area contributed by atoms with Crippen LogP contribution < -0.4 is 10.1 Å². The second-order valence-electron chi connectivity index (χ2n) is 9.09. The van der Waals surface area contributed by atoms with Gasteiger partial charge in [-0.2, -0.15) is 0 Å². The van der Waals surface area contributed by atoms with Crippen molar-refractivity contribution in [2.45, 2.75) is 64.6 Å². The largest absolute Gasteiger partial charge is 0.463 e. The fourth-order valence-electron chi connectivity index (χ4n) is 3.77. The standard InChI is InChI=1S/C27H38INO5/c1-27(2)33-20-23-17-22(10-11-26(23)34-27)25(30)18-29-12-5-3-4-6-13-31-14-15-32-19-21-8-7-9-24(28)16-21/h7-11,16-17,25,29-30H,3-6,12-15,18-20H2,1-2H3/t25-/m0/s1. The fraction of sp³-hybridized carbons (Fsp3) is 0.556. The summed E-state index contributed by atoms with van der Waals surface area (Å²) >= 11 is 2.31. The Morgan fingerprint density at radius 2 is 1.85 bits per heavy atom. The van der Waals surface area contributed by atoms with Gasteiger partial charge in [0.1, 0.15) is 5.75 Å². The van der Waals surface area contributed by atoms with Gasteiger partial charge < -0.3 is 29.4 Å². The van der Waals surface area contributed by atoms with Gasteiger partial charge in [-0.3, -0.25) is 0 Å². The molecule has 0 amide bonds. The Balaban J connectivity index is 1.15. The van der Waals surface area contributed by atoms with Crippen molar-refractivity contribution in [1.29, 1.82) is 0 Å². The molecule has 34 heavy (non-hydrogen) atoms. The summed E-state index contributed by atoms with van der Waals surface area (Å²) in [5.74, 6) is 0.232. The molecule has 0 saturated heterocycles. The van der Waals surface area contributed by atoms with Gasteiger partial charge in [-0.25, -0.2) is 0 Å². The molecule has 2 N–H and O–H groups in total. The third-order valence-electron chi connectivity index (χ3n) is 5.66. The highest BCUT2D eigenvalue weighted by Crippen LogP contribution is 2.32. The number of hydrogen-bond donors (Lipinski definition) is 2. The molecule has 0 unspecified atom stereocenters. The lowest BCUT2D eigenvalue weighted by Gasteiger charge is -2.33. The smallest absolute Gasteiger partial charge is 0.205 e. The summed E-state index contributed by atoms with van der Waals surface area (Å²) in [6.07, 6.45) is 3.91. The second kappa shape index (κ2) is 14.4. The van der Waals surface area contributed by atoms with Crippen molar-refractivity contribution in [2.24, 2.45) is 0 Å². The predicted molar refractivity (Wildman–Crippen MR) is 142 cm³/mol. The number of aliphatic hydroxyl groups is 1. The monoisotopic (exact) mass is 583 g/mol. The van der Waals surface area contributed by atoms with Gasteiger partial charge in [0.15, 0.2) is 0 Å². The van der Waals surface area contributed by atoms with E-state index in [0.717, 1.165) is 55.7 Å². The van der Waals surface area contributed by atoms with Crippen molar-refractivity contribution in [3.05, 3.63) is 62.7 Å². The first-order valence-electron chi connectivity index (χ1n) is 12.2. The topological polar surface area (TPSA) is 69.2 Å². The third kappa shape index (κ3) is 9.79. The van der Waals surface area contributed by atoms with Crippen molar-refractivity contribution in [3.8, 4) is 5.75 Å². The van der Waals surface area contributed by atoms with Gasteiger partial charge in [0.25, 0.3) is 0 Å². The first kappa shape index (κ1) is 27.4. The van der Waals surface area contributed by atoms with Gasteiger partial charge in [0.05, 0.1) is 32.5 Å². The predicted octanol–water partition coefficient (Wildman–Crippen LogP) is 5.35.